The first-order valence-corrected chi connectivity index (χ1v) is 7.97. The molecule has 0 fully saturated rings. The summed E-state index contributed by atoms with van der Waals surface area (Å²) in [5, 5.41) is 10.8. The minimum absolute atomic E-state index is 0.167. The zero-order valence-corrected chi connectivity index (χ0v) is 13.6. The van der Waals surface area contributed by atoms with Crippen LogP contribution in [0.15, 0.2) is 35.8 Å². The van der Waals surface area contributed by atoms with E-state index in [1.54, 1.807) is 37.4 Å². The number of carbonyl (C=O) groups excluding carboxylic acids is 2. The summed E-state index contributed by atoms with van der Waals surface area (Å²) in [6.45, 7) is 3.91. The van der Waals surface area contributed by atoms with Crippen LogP contribution in [0.2, 0.25) is 0 Å². The minimum Gasteiger partial charge on any atom is -0.450 e. The summed E-state index contributed by atoms with van der Waals surface area (Å²) < 4.78 is 4.78. The van der Waals surface area contributed by atoms with Gasteiger partial charge in [0.05, 0.1) is 12.6 Å². The van der Waals surface area contributed by atoms with Crippen molar-refractivity contribution in [3.63, 3.8) is 0 Å². The van der Waals surface area contributed by atoms with Crippen LogP contribution < -0.4 is 16.0 Å². The molecule has 0 aliphatic carbocycles. The van der Waals surface area contributed by atoms with Crippen LogP contribution >= 0.6 is 11.3 Å². The van der Waals surface area contributed by atoms with Gasteiger partial charge in [-0.05, 0) is 38.1 Å². The summed E-state index contributed by atoms with van der Waals surface area (Å²) in [5.74, 6) is 0. The highest BCUT2D eigenvalue weighted by Gasteiger charge is 2.11. The van der Waals surface area contributed by atoms with E-state index in [4.69, 9.17) is 4.74 Å². The fraction of sp³-hybridized carbons (Fsp3) is 0.267. The zero-order chi connectivity index (χ0) is 16.7. The van der Waals surface area contributed by atoms with Gasteiger partial charge < -0.3 is 15.4 Å². The Bertz CT molecular complexity index is 643. The van der Waals surface area contributed by atoms with Crippen LogP contribution in [-0.4, -0.2) is 23.7 Å². The molecule has 3 amide bonds. The molecule has 1 heterocycles. The van der Waals surface area contributed by atoms with E-state index >= 15 is 0 Å². The number of hydrogen-bond donors (Lipinski definition) is 3. The predicted molar refractivity (Wildman–Crippen MR) is 89.8 cm³/mol. The number of amides is 3. The second-order valence-corrected chi connectivity index (χ2v) is 5.54. The van der Waals surface area contributed by atoms with E-state index in [1.165, 1.54) is 11.3 Å². The number of ether oxygens (including phenoxy) is 1. The molecule has 2 aromatic rings. The van der Waals surface area contributed by atoms with E-state index in [-0.39, 0.29) is 12.1 Å². The molecule has 0 bridgehead atoms. The van der Waals surface area contributed by atoms with Crippen LogP contribution in [0.1, 0.15) is 24.9 Å². The van der Waals surface area contributed by atoms with Crippen molar-refractivity contribution in [3.8, 4) is 0 Å². The maximum atomic E-state index is 11.9. The number of benzene rings is 1. The molecule has 0 saturated carbocycles. The molecule has 1 unspecified atom stereocenters. The van der Waals surface area contributed by atoms with Gasteiger partial charge in [-0.15, -0.1) is 11.3 Å². The van der Waals surface area contributed by atoms with Crippen molar-refractivity contribution < 1.29 is 14.3 Å². The Morgan fingerprint density at radius 2 is 1.87 bits per heavy atom. The zero-order valence-electron chi connectivity index (χ0n) is 12.8. The molecule has 1 aromatic heterocycles. The third-order valence-electron chi connectivity index (χ3n) is 2.83. The van der Waals surface area contributed by atoms with Gasteiger partial charge in [0.25, 0.3) is 0 Å². The summed E-state index contributed by atoms with van der Waals surface area (Å²) in [6.07, 6.45) is 1.19. The van der Waals surface area contributed by atoms with Crippen LogP contribution in [-0.2, 0) is 4.74 Å². The number of urea groups is 1. The SMILES string of the molecule is CCOC(=O)Nc1ccc(NC(=O)NC(C)c2nccs2)cc1. The molecule has 3 N–H and O–H groups in total. The number of aromatic nitrogens is 1. The van der Waals surface area contributed by atoms with Gasteiger partial charge in [-0.1, -0.05) is 0 Å². The molecule has 0 aliphatic heterocycles. The molecule has 1 atom stereocenters. The third kappa shape index (κ3) is 5.26. The van der Waals surface area contributed by atoms with Gasteiger partial charge in [-0.3, -0.25) is 5.32 Å². The fourth-order valence-electron chi connectivity index (χ4n) is 1.80. The summed E-state index contributed by atoms with van der Waals surface area (Å²) in [4.78, 5) is 27.4. The van der Waals surface area contributed by atoms with Gasteiger partial charge in [-0.25, -0.2) is 14.6 Å². The van der Waals surface area contributed by atoms with Crippen molar-refractivity contribution in [1.29, 1.82) is 0 Å². The Kier molecular flexibility index (Phi) is 5.93. The van der Waals surface area contributed by atoms with Gasteiger partial charge in [0.15, 0.2) is 0 Å². The number of nitrogens with one attached hydrogen (secondary N) is 3. The molecule has 0 spiro atoms. The number of anilines is 2. The highest BCUT2D eigenvalue weighted by molar-refractivity contribution is 7.09. The molecule has 7 nitrogen and oxygen atoms in total. The first kappa shape index (κ1) is 16.8. The largest absolute Gasteiger partial charge is 0.450 e. The van der Waals surface area contributed by atoms with E-state index in [2.05, 4.69) is 20.9 Å². The average Bonchev–Trinajstić information content (AvgIpc) is 3.04. The van der Waals surface area contributed by atoms with Gasteiger partial charge in [0, 0.05) is 23.0 Å². The van der Waals surface area contributed by atoms with Crippen LogP contribution in [0.4, 0.5) is 21.0 Å². The number of nitrogens with zero attached hydrogens (tertiary/aromatic N) is 1. The minimum atomic E-state index is -0.511. The second kappa shape index (κ2) is 8.14. The first-order valence-electron chi connectivity index (χ1n) is 7.09. The molecular formula is C15H18N4O3S. The lowest BCUT2D eigenvalue weighted by atomic mass is 10.3. The van der Waals surface area contributed by atoms with Crippen molar-refractivity contribution in [2.75, 3.05) is 17.2 Å². The van der Waals surface area contributed by atoms with Gasteiger partial charge in [0.1, 0.15) is 5.01 Å². The normalized spacial score (nSPS) is 11.4. The van der Waals surface area contributed by atoms with Crippen LogP contribution in [0.25, 0.3) is 0 Å². The maximum absolute atomic E-state index is 11.9. The molecule has 0 saturated heterocycles. The molecule has 2 rings (SSSR count). The Balaban J connectivity index is 1.85. The van der Waals surface area contributed by atoms with Crippen LogP contribution in [0.5, 0.6) is 0 Å². The highest BCUT2D eigenvalue weighted by atomic mass is 32.1. The number of hydrogen-bond acceptors (Lipinski definition) is 5. The third-order valence-corrected chi connectivity index (χ3v) is 3.79. The molecular weight excluding hydrogens is 316 g/mol. The number of thiazole rings is 1. The number of rotatable bonds is 5. The molecule has 8 heteroatoms. The Labute approximate surface area is 138 Å². The monoisotopic (exact) mass is 334 g/mol. The number of carbonyl (C=O) groups is 2. The quantitative estimate of drug-likeness (QED) is 0.779. The summed E-state index contributed by atoms with van der Waals surface area (Å²) in [6, 6.07) is 6.25. The van der Waals surface area contributed by atoms with Crippen molar-refractivity contribution >= 4 is 34.8 Å². The topological polar surface area (TPSA) is 92.4 Å². The van der Waals surface area contributed by atoms with E-state index < -0.39 is 6.09 Å². The summed E-state index contributed by atoms with van der Waals surface area (Å²) >= 11 is 1.49. The van der Waals surface area contributed by atoms with Crippen molar-refractivity contribution in [2.45, 2.75) is 19.9 Å². The van der Waals surface area contributed by atoms with Gasteiger partial charge in [-0.2, -0.15) is 0 Å². The van der Waals surface area contributed by atoms with Gasteiger partial charge >= 0.3 is 12.1 Å². The fourth-order valence-corrected chi connectivity index (χ4v) is 2.44. The second-order valence-electron chi connectivity index (χ2n) is 4.61. The lowest BCUT2D eigenvalue weighted by Crippen LogP contribution is -2.31. The van der Waals surface area contributed by atoms with Crippen LogP contribution in [0, 0.1) is 0 Å². The Morgan fingerprint density at radius 1 is 1.22 bits per heavy atom. The van der Waals surface area contributed by atoms with Gasteiger partial charge in [0.2, 0.25) is 0 Å². The Hall–Kier alpha value is -2.61. The summed E-state index contributed by atoms with van der Waals surface area (Å²) in [5.41, 5.74) is 1.20. The van der Waals surface area contributed by atoms with Crippen molar-refractivity contribution in [2.24, 2.45) is 0 Å². The highest BCUT2D eigenvalue weighted by Crippen LogP contribution is 2.16. The lowest BCUT2D eigenvalue weighted by molar-refractivity contribution is 0.168. The van der Waals surface area contributed by atoms with Crippen LogP contribution in [0.3, 0.4) is 0 Å². The predicted octanol–water partition coefficient (Wildman–Crippen LogP) is 3.59. The molecule has 0 radical (unpaired) electrons. The molecule has 0 aliphatic rings. The molecule has 23 heavy (non-hydrogen) atoms. The van der Waals surface area contributed by atoms with E-state index in [0.29, 0.717) is 18.0 Å². The maximum Gasteiger partial charge on any atom is 0.411 e. The molecule has 122 valence electrons. The standard InChI is InChI=1S/C15H18N4O3S/c1-3-22-15(21)19-12-6-4-11(5-7-12)18-14(20)17-10(2)13-16-8-9-23-13/h4-10H,3H2,1-2H3,(H,19,21)(H2,17,18,20). The average molecular weight is 334 g/mol. The Morgan fingerprint density at radius 3 is 2.43 bits per heavy atom. The lowest BCUT2D eigenvalue weighted by Gasteiger charge is -2.12. The van der Waals surface area contributed by atoms with Crippen molar-refractivity contribution in [1.82, 2.24) is 10.3 Å². The van der Waals surface area contributed by atoms with E-state index in [0.717, 1.165) is 5.01 Å². The van der Waals surface area contributed by atoms with Crippen molar-refractivity contribution in [3.05, 3.63) is 40.8 Å². The van der Waals surface area contributed by atoms with E-state index in [9.17, 15) is 9.59 Å². The molecule has 1 aromatic carbocycles. The van der Waals surface area contributed by atoms with E-state index in [1.807, 2.05) is 12.3 Å². The first-order chi connectivity index (χ1) is 11.1. The smallest absolute Gasteiger partial charge is 0.411 e. The summed E-state index contributed by atoms with van der Waals surface area (Å²) in [7, 11) is 0.